The summed E-state index contributed by atoms with van der Waals surface area (Å²) in [5.41, 5.74) is 11.6. The molecule has 1 rings (SSSR count). The third kappa shape index (κ3) is 2.75. The Balaban J connectivity index is 2.77. The fourth-order valence-corrected chi connectivity index (χ4v) is 1.11. The number of likely N-dealkylation sites (N-methyl/N-ethyl adjacent to an activating group) is 2. The van der Waals surface area contributed by atoms with Crippen LogP contribution in [-0.2, 0) is 4.79 Å². The molecule has 0 saturated heterocycles. The van der Waals surface area contributed by atoms with E-state index in [0.717, 1.165) is 0 Å². The standard InChI is InChI=1S/C10H17N5O/c1-14(2)9(16)6-15(3)8-5-4-7(11)10(12)13-8/h4-5H,6,11H2,1-3H3,(H2,12,13). The second-order valence-corrected chi connectivity index (χ2v) is 3.79. The lowest BCUT2D eigenvalue weighted by Crippen LogP contribution is -2.34. The summed E-state index contributed by atoms with van der Waals surface area (Å²) >= 11 is 0. The summed E-state index contributed by atoms with van der Waals surface area (Å²) in [5.74, 6) is 0.906. The Kier molecular flexibility index (Phi) is 3.55. The molecule has 0 unspecified atom stereocenters. The third-order valence-electron chi connectivity index (χ3n) is 2.21. The quantitative estimate of drug-likeness (QED) is 0.739. The van der Waals surface area contributed by atoms with Crippen LogP contribution in [0.3, 0.4) is 0 Å². The maximum Gasteiger partial charge on any atom is 0.241 e. The molecule has 16 heavy (non-hydrogen) atoms. The van der Waals surface area contributed by atoms with Crippen molar-refractivity contribution in [2.45, 2.75) is 0 Å². The molecule has 0 aliphatic heterocycles. The lowest BCUT2D eigenvalue weighted by molar-refractivity contribution is -0.127. The van der Waals surface area contributed by atoms with E-state index in [-0.39, 0.29) is 18.3 Å². The minimum absolute atomic E-state index is 0.000281. The maximum absolute atomic E-state index is 11.5. The molecule has 0 fully saturated rings. The summed E-state index contributed by atoms with van der Waals surface area (Å²) in [6, 6.07) is 3.41. The van der Waals surface area contributed by atoms with E-state index >= 15 is 0 Å². The number of hydrogen-bond donors (Lipinski definition) is 2. The van der Waals surface area contributed by atoms with Gasteiger partial charge in [-0.25, -0.2) is 4.98 Å². The van der Waals surface area contributed by atoms with Gasteiger partial charge in [0.15, 0.2) is 0 Å². The number of carbonyl (C=O) groups is 1. The van der Waals surface area contributed by atoms with Crippen molar-refractivity contribution in [2.75, 3.05) is 44.1 Å². The van der Waals surface area contributed by atoms with Crippen molar-refractivity contribution in [2.24, 2.45) is 0 Å². The highest BCUT2D eigenvalue weighted by Gasteiger charge is 2.10. The largest absolute Gasteiger partial charge is 0.396 e. The van der Waals surface area contributed by atoms with Crippen LogP contribution in [0.2, 0.25) is 0 Å². The number of nitrogens with two attached hydrogens (primary N) is 2. The molecule has 1 amide bonds. The monoisotopic (exact) mass is 223 g/mol. The van der Waals surface area contributed by atoms with E-state index in [2.05, 4.69) is 4.98 Å². The summed E-state index contributed by atoms with van der Waals surface area (Å²) in [7, 11) is 5.20. The Bertz CT molecular complexity index is 391. The number of aromatic nitrogens is 1. The SMILES string of the molecule is CN(C)C(=O)CN(C)c1ccc(N)c(N)n1. The highest BCUT2D eigenvalue weighted by Crippen LogP contribution is 2.17. The molecule has 0 saturated carbocycles. The van der Waals surface area contributed by atoms with Crippen molar-refractivity contribution in [3.63, 3.8) is 0 Å². The van der Waals surface area contributed by atoms with Gasteiger partial charge in [0.05, 0.1) is 12.2 Å². The predicted octanol–water partition coefficient (Wildman–Crippen LogP) is -0.230. The van der Waals surface area contributed by atoms with Crippen LogP contribution in [0.15, 0.2) is 12.1 Å². The Morgan fingerprint density at radius 3 is 2.44 bits per heavy atom. The summed E-state index contributed by atoms with van der Waals surface area (Å²) in [6.07, 6.45) is 0. The zero-order valence-electron chi connectivity index (χ0n) is 9.77. The number of pyridine rings is 1. The average molecular weight is 223 g/mol. The van der Waals surface area contributed by atoms with Gasteiger partial charge >= 0.3 is 0 Å². The van der Waals surface area contributed by atoms with Crippen molar-refractivity contribution in [1.82, 2.24) is 9.88 Å². The fraction of sp³-hybridized carbons (Fsp3) is 0.400. The number of amides is 1. The van der Waals surface area contributed by atoms with Crippen LogP contribution in [-0.4, -0.2) is 43.5 Å². The third-order valence-corrected chi connectivity index (χ3v) is 2.21. The van der Waals surface area contributed by atoms with Crippen LogP contribution in [0.1, 0.15) is 0 Å². The molecular weight excluding hydrogens is 206 g/mol. The van der Waals surface area contributed by atoms with E-state index in [1.54, 1.807) is 38.2 Å². The Hall–Kier alpha value is -1.98. The number of rotatable bonds is 3. The van der Waals surface area contributed by atoms with E-state index < -0.39 is 0 Å². The maximum atomic E-state index is 11.5. The van der Waals surface area contributed by atoms with E-state index in [1.165, 1.54) is 4.90 Å². The molecule has 0 aliphatic rings. The van der Waals surface area contributed by atoms with Gasteiger partial charge < -0.3 is 21.3 Å². The topological polar surface area (TPSA) is 88.5 Å². The molecule has 6 heteroatoms. The molecule has 0 radical (unpaired) electrons. The number of hydrogen-bond acceptors (Lipinski definition) is 5. The van der Waals surface area contributed by atoms with E-state index in [9.17, 15) is 4.79 Å². The van der Waals surface area contributed by atoms with E-state index in [1.807, 2.05) is 0 Å². The van der Waals surface area contributed by atoms with Gasteiger partial charge in [0.2, 0.25) is 5.91 Å². The summed E-state index contributed by atoms with van der Waals surface area (Å²) < 4.78 is 0. The van der Waals surface area contributed by atoms with Gasteiger partial charge in [0.25, 0.3) is 0 Å². The second-order valence-electron chi connectivity index (χ2n) is 3.79. The highest BCUT2D eigenvalue weighted by molar-refractivity contribution is 5.80. The minimum atomic E-state index is -0.000281. The second kappa shape index (κ2) is 4.69. The van der Waals surface area contributed by atoms with Crippen LogP contribution >= 0.6 is 0 Å². The van der Waals surface area contributed by atoms with Gasteiger partial charge in [-0.05, 0) is 12.1 Å². The van der Waals surface area contributed by atoms with Gasteiger partial charge in [-0.3, -0.25) is 4.79 Å². The van der Waals surface area contributed by atoms with Crippen LogP contribution in [0.4, 0.5) is 17.3 Å². The molecule has 0 aromatic carbocycles. The number of carbonyl (C=O) groups excluding carboxylic acids is 1. The molecule has 0 bridgehead atoms. The van der Waals surface area contributed by atoms with Gasteiger partial charge in [-0.1, -0.05) is 0 Å². The normalized spacial score (nSPS) is 9.94. The zero-order valence-corrected chi connectivity index (χ0v) is 9.77. The lowest BCUT2D eigenvalue weighted by Gasteiger charge is -2.20. The molecule has 1 aromatic heterocycles. The first kappa shape index (κ1) is 12.1. The van der Waals surface area contributed by atoms with Crippen LogP contribution in [0.25, 0.3) is 0 Å². The Morgan fingerprint density at radius 2 is 1.94 bits per heavy atom. The molecule has 0 atom stereocenters. The Morgan fingerprint density at radius 1 is 1.31 bits per heavy atom. The van der Waals surface area contributed by atoms with Crippen molar-refractivity contribution >= 4 is 23.2 Å². The summed E-state index contributed by atoms with van der Waals surface area (Å²) in [5, 5.41) is 0. The molecule has 88 valence electrons. The molecule has 0 spiro atoms. The van der Waals surface area contributed by atoms with Crippen LogP contribution in [0, 0.1) is 0 Å². The highest BCUT2D eigenvalue weighted by atomic mass is 16.2. The minimum Gasteiger partial charge on any atom is -0.396 e. The van der Waals surface area contributed by atoms with E-state index in [0.29, 0.717) is 11.5 Å². The molecule has 6 nitrogen and oxygen atoms in total. The zero-order chi connectivity index (χ0) is 12.3. The van der Waals surface area contributed by atoms with Gasteiger partial charge in [-0.2, -0.15) is 0 Å². The van der Waals surface area contributed by atoms with Gasteiger partial charge in [0, 0.05) is 21.1 Å². The van der Waals surface area contributed by atoms with Crippen LogP contribution in [0.5, 0.6) is 0 Å². The first-order chi connectivity index (χ1) is 7.41. The summed E-state index contributed by atoms with van der Waals surface area (Å²) in [4.78, 5) is 18.8. The number of nitrogens with zero attached hydrogens (tertiary/aromatic N) is 3. The molecule has 4 N–H and O–H groups in total. The lowest BCUT2D eigenvalue weighted by atomic mass is 10.3. The summed E-state index contributed by atoms with van der Waals surface area (Å²) in [6.45, 7) is 0.253. The number of anilines is 3. The van der Waals surface area contributed by atoms with E-state index in [4.69, 9.17) is 11.5 Å². The molecule has 1 aromatic rings. The van der Waals surface area contributed by atoms with Crippen molar-refractivity contribution in [3.8, 4) is 0 Å². The van der Waals surface area contributed by atoms with Crippen molar-refractivity contribution in [1.29, 1.82) is 0 Å². The number of nitrogen functional groups attached to an aromatic ring is 2. The molecular formula is C10H17N5O. The predicted molar refractivity (Wildman–Crippen MR) is 65.0 cm³/mol. The Labute approximate surface area is 94.8 Å². The molecule has 1 heterocycles. The average Bonchev–Trinajstić information content (AvgIpc) is 2.21. The fourth-order valence-electron chi connectivity index (χ4n) is 1.11. The first-order valence-electron chi connectivity index (χ1n) is 4.85. The smallest absolute Gasteiger partial charge is 0.241 e. The molecule has 0 aliphatic carbocycles. The van der Waals surface area contributed by atoms with Gasteiger partial charge in [0.1, 0.15) is 11.6 Å². The van der Waals surface area contributed by atoms with Gasteiger partial charge in [-0.15, -0.1) is 0 Å². The van der Waals surface area contributed by atoms with Crippen molar-refractivity contribution < 1.29 is 4.79 Å². The van der Waals surface area contributed by atoms with Crippen LogP contribution < -0.4 is 16.4 Å². The van der Waals surface area contributed by atoms with Crippen molar-refractivity contribution in [3.05, 3.63) is 12.1 Å². The first-order valence-corrected chi connectivity index (χ1v) is 4.85.